The average Bonchev–Trinajstić information content (AvgIpc) is 3.36. The maximum Gasteiger partial charge on any atom is 0.217 e. The number of rotatable bonds is 4. The van der Waals surface area contributed by atoms with Crippen molar-refractivity contribution in [3.8, 4) is 11.3 Å². The fourth-order valence-electron chi connectivity index (χ4n) is 2.70. The molecule has 3 aromatic heterocycles. The van der Waals surface area contributed by atoms with Crippen molar-refractivity contribution in [3.05, 3.63) is 66.4 Å². The molecule has 5 nitrogen and oxygen atoms in total. The molecule has 5 aromatic rings. The lowest BCUT2D eigenvalue weighted by atomic mass is 10.2. The number of oxazole rings is 1. The van der Waals surface area contributed by atoms with Gasteiger partial charge in [0.2, 0.25) is 10.9 Å². The first-order chi connectivity index (χ1) is 12.8. The van der Waals surface area contributed by atoms with Gasteiger partial charge in [-0.15, -0.1) is 10.2 Å². The zero-order valence-corrected chi connectivity index (χ0v) is 14.9. The van der Waals surface area contributed by atoms with Gasteiger partial charge in [0, 0.05) is 5.56 Å². The van der Waals surface area contributed by atoms with Crippen molar-refractivity contribution >= 4 is 38.3 Å². The van der Waals surface area contributed by atoms with Crippen LogP contribution in [0.3, 0.4) is 0 Å². The van der Waals surface area contributed by atoms with E-state index in [-0.39, 0.29) is 5.82 Å². The van der Waals surface area contributed by atoms with E-state index in [0.717, 1.165) is 21.2 Å². The van der Waals surface area contributed by atoms with Gasteiger partial charge in [-0.25, -0.2) is 9.37 Å². The molecule has 0 aliphatic heterocycles. The van der Waals surface area contributed by atoms with Crippen LogP contribution in [0, 0.1) is 5.82 Å². The predicted molar refractivity (Wildman–Crippen MR) is 99.8 cm³/mol. The molecule has 26 heavy (non-hydrogen) atoms. The highest BCUT2D eigenvalue weighted by atomic mass is 32.2. The summed E-state index contributed by atoms with van der Waals surface area (Å²) in [5.74, 6) is 1.47. The van der Waals surface area contributed by atoms with E-state index >= 15 is 0 Å². The fourth-order valence-corrected chi connectivity index (χ4v) is 4.52. The van der Waals surface area contributed by atoms with Crippen LogP contribution in [0.2, 0.25) is 0 Å². The lowest BCUT2D eigenvalue weighted by molar-refractivity contribution is 0.529. The maximum absolute atomic E-state index is 13.0. The Kier molecular flexibility index (Phi) is 3.72. The van der Waals surface area contributed by atoms with E-state index < -0.39 is 0 Å². The minimum Gasteiger partial charge on any atom is -0.440 e. The number of hydrogen-bond acceptors (Lipinski definition) is 6. The standard InChI is InChI=1S/C18H11FN4OS2/c19-12-7-5-11(6-8-12)14-9-20-16(24-14)10-25-17-21-22-18-23(17)13-3-1-2-4-15(13)26-18/h1-9H,10H2. The Morgan fingerprint density at radius 1 is 1.08 bits per heavy atom. The van der Waals surface area contributed by atoms with Crippen LogP contribution in [-0.2, 0) is 5.75 Å². The third-order valence-electron chi connectivity index (χ3n) is 3.92. The molecule has 128 valence electrons. The number of para-hydroxylation sites is 1. The number of halogens is 1. The van der Waals surface area contributed by atoms with Crippen LogP contribution < -0.4 is 0 Å². The lowest BCUT2D eigenvalue weighted by Crippen LogP contribution is -1.87. The molecule has 2 aromatic carbocycles. The molecule has 0 N–H and O–H groups in total. The number of nitrogens with zero attached hydrogens (tertiary/aromatic N) is 4. The monoisotopic (exact) mass is 382 g/mol. The van der Waals surface area contributed by atoms with Crippen molar-refractivity contribution in [1.29, 1.82) is 0 Å². The first-order valence-electron chi connectivity index (χ1n) is 7.84. The average molecular weight is 382 g/mol. The summed E-state index contributed by atoms with van der Waals surface area (Å²) in [6.07, 6.45) is 1.66. The number of benzene rings is 2. The van der Waals surface area contributed by atoms with Crippen molar-refractivity contribution in [1.82, 2.24) is 19.6 Å². The highest BCUT2D eigenvalue weighted by Crippen LogP contribution is 2.31. The molecule has 3 heterocycles. The van der Waals surface area contributed by atoms with E-state index in [1.807, 2.05) is 12.1 Å². The zero-order valence-electron chi connectivity index (χ0n) is 13.3. The zero-order chi connectivity index (χ0) is 17.5. The highest BCUT2D eigenvalue weighted by Gasteiger charge is 2.14. The molecule has 0 fully saturated rings. The normalized spacial score (nSPS) is 11.6. The van der Waals surface area contributed by atoms with Crippen LogP contribution in [-0.4, -0.2) is 19.6 Å². The smallest absolute Gasteiger partial charge is 0.217 e. The summed E-state index contributed by atoms with van der Waals surface area (Å²) in [5.41, 5.74) is 1.89. The molecule has 0 unspecified atom stereocenters. The van der Waals surface area contributed by atoms with E-state index in [4.69, 9.17) is 4.42 Å². The third kappa shape index (κ3) is 2.67. The molecule has 0 atom stereocenters. The van der Waals surface area contributed by atoms with Crippen LogP contribution in [0.25, 0.3) is 26.5 Å². The summed E-state index contributed by atoms with van der Waals surface area (Å²) in [4.78, 5) is 5.18. The third-order valence-corrected chi connectivity index (χ3v) is 5.84. The Morgan fingerprint density at radius 2 is 1.92 bits per heavy atom. The van der Waals surface area contributed by atoms with Gasteiger partial charge in [-0.05, 0) is 36.4 Å². The first-order valence-corrected chi connectivity index (χ1v) is 9.64. The Bertz CT molecular complexity index is 1210. The molecule has 0 aliphatic carbocycles. The summed E-state index contributed by atoms with van der Waals surface area (Å²) in [5, 5.41) is 9.33. The van der Waals surface area contributed by atoms with Crippen LogP contribution in [0.15, 0.2) is 64.3 Å². The molecular formula is C18H11FN4OS2. The van der Waals surface area contributed by atoms with Crippen LogP contribution in [0.4, 0.5) is 4.39 Å². The quantitative estimate of drug-likeness (QED) is 0.408. The maximum atomic E-state index is 13.0. The largest absolute Gasteiger partial charge is 0.440 e. The van der Waals surface area contributed by atoms with Gasteiger partial charge >= 0.3 is 0 Å². The van der Waals surface area contributed by atoms with Gasteiger partial charge < -0.3 is 4.42 Å². The van der Waals surface area contributed by atoms with Gasteiger partial charge in [0.25, 0.3) is 0 Å². The first kappa shape index (κ1) is 15.5. The second-order valence-corrected chi connectivity index (χ2v) is 7.54. The molecule has 0 saturated carbocycles. The fraction of sp³-hybridized carbons (Fsp3) is 0.0556. The van der Waals surface area contributed by atoms with Crippen molar-refractivity contribution in [2.75, 3.05) is 0 Å². The minimum absolute atomic E-state index is 0.275. The van der Waals surface area contributed by atoms with Crippen molar-refractivity contribution in [3.63, 3.8) is 0 Å². The Balaban J connectivity index is 1.40. The molecule has 8 heteroatoms. The predicted octanol–water partition coefficient (Wildman–Crippen LogP) is 5.03. The topological polar surface area (TPSA) is 56.2 Å². The summed E-state index contributed by atoms with van der Waals surface area (Å²) in [6.45, 7) is 0. The molecule has 0 amide bonds. The van der Waals surface area contributed by atoms with Crippen LogP contribution in [0.1, 0.15) is 5.89 Å². The minimum atomic E-state index is -0.275. The second-order valence-electron chi connectivity index (χ2n) is 5.58. The summed E-state index contributed by atoms with van der Waals surface area (Å²) < 4.78 is 22.0. The molecule has 0 saturated heterocycles. The number of fused-ring (bicyclic) bond motifs is 3. The van der Waals surface area contributed by atoms with Gasteiger partial charge in [-0.3, -0.25) is 4.40 Å². The number of aromatic nitrogens is 4. The molecule has 0 aliphatic rings. The molecule has 0 spiro atoms. The summed E-state index contributed by atoms with van der Waals surface area (Å²) in [6, 6.07) is 14.3. The van der Waals surface area contributed by atoms with E-state index in [0.29, 0.717) is 17.4 Å². The van der Waals surface area contributed by atoms with E-state index in [1.165, 1.54) is 28.6 Å². The van der Waals surface area contributed by atoms with Crippen molar-refractivity contribution in [2.24, 2.45) is 0 Å². The van der Waals surface area contributed by atoms with Gasteiger partial charge in [0.15, 0.2) is 10.9 Å². The highest BCUT2D eigenvalue weighted by molar-refractivity contribution is 7.98. The Labute approximate surface area is 155 Å². The molecule has 0 radical (unpaired) electrons. The molecular weight excluding hydrogens is 371 g/mol. The van der Waals surface area contributed by atoms with Crippen LogP contribution >= 0.6 is 23.1 Å². The lowest BCUT2D eigenvalue weighted by Gasteiger charge is -1.98. The van der Waals surface area contributed by atoms with E-state index in [1.54, 1.807) is 29.7 Å². The van der Waals surface area contributed by atoms with Crippen LogP contribution in [0.5, 0.6) is 0 Å². The van der Waals surface area contributed by atoms with Crippen molar-refractivity contribution < 1.29 is 8.81 Å². The molecule has 0 bridgehead atoms. The van der Waals surface area contributed by atoms with Gasteiger partial charge in [-0.1, -0.05) is 35.2 Å². The van der Waals surface area contributed by atoms with Gasteiger partial charge in [0.05, 0.1) is 22.2 Å². The summed E-state index contributed by atoms with van der Waals surface area (Å²) in [7, 11) is 0. The number of thioether (sulfide) groups is 1. The second kappa shape index (κ2) is 6.22. The Morgan fingerprint density at radius 3 is 2.81 bits per heavy atom. The SMILES string of the molecule is Fc1ccc(-c2cnc(CSc3nnc4sc5ccccc5n34)o2)cc1. The summed E-state index contributed by atoms with van der Waals surface area (Å²) >= 11 is 3.13. The van der Waals surface area contributed by atoms with Crippen molar-refractivity contribution in [2.45, 2.75) is 10.9 Å². The van der Waals surface area contributed by atoms with E-state index in [9.17, 15) is 4.39 Å². The number of thiazole rings is 1. The van der Waals surface area contributed by atoms with Gasteiger partial charge in [0.1, 0.15) is 5.82 Å². The van der Waals surface area contributed by atoms with Gasteiger partial charge in [-0.2, -0.15) is 0 Å². The van der Waals surface area contributed by atoms with E-state index in [2.05, 4.69) is 31.7 Å². The number of hydrogen-bond donors (Lipinski definition) is 0. The molecule has 5 rings (SSSR count). The Hall–Kier alpha value is -2.71.